The van der Waals surface area contributed by atoms with Crippen LogP contribution in [0.3, 0.4) is 0 Å². The first-order valence-electron chi connectivity index (χ1n) is 11.2. The van der Waals surface area contributed by atoms with Crippen LogP contribution in [0, 0.1) is 6.92 Å². The zero-order valence-corrected chi connectivity index (χ0v) is 20.4. The number of aliphatic hydroxyl groups is 1. The molecule has 0 bridgehead atoms. The quantitative estimate of drug-likeness (QED) is 0.391. The van der Waals surface area contributed by atoms with E-state index in [1.54, 1.807) is 17.4 Å². The summed E-state index contributed by atoms with van der Waals surface area (Å²) in [7, 11) is 0. The molecule has 1 saturated heterocycles. The molecule has 0 unspecified atom stereocenters. The number of rotatable bonds is 8. The van der Waals surface area contributed by atoms with Crippen LogP contribution in [0.4, 0.5) is 0 Å². The highest BCUT2D eigenvalue weighted by Gasteiger charge is 2.21. The minimum absolute atomic E-state index is 0.253. The van der Waals surface area contributed by atoms with Crippen LogP contribution in [0.5, 0.6) is 5.75 Å². The molecule has 0 amide bonds. The van der Waals surface area contributed by atoms with Crippen molar-refractivity contribution in [1.29, 1.82) is 0 Å². The standard InChI is InChI=1S/C24H26ClN5O3S/c1-16-26-21-12-18(6-7-22(21)34-16)32-15-17(31)13-29-8-10-30(11-9-29)14-23-27-24(33-28-23)19-4-2-3-5-20(19)25/h2-7,12,17,31H,8-11,13-15H2,1H3/t17-/m1/s1. The second-order valence-electron chi connectivity index (χ2n) is 8.40. The lowest BCUT2D eigenvalue weighted by Crippen LogP contribution is -2.48. The van der Waals surface area contributed by atoms with Gasteiger partial charge in [-0.3, -0.25) is 9.80 Å². The van der Waals surface area contributed by atoms with Crippen molar-refractivity contribution in [2.45, 2.75) is 19.6 Å². The molecule has 2 aromatic carbocycles. The maximum Gasteiger partial charge on any atom is 0.259 e. The van der Waals surface area contributed by atoms with E-state index in [9.17, 15) is 5.11 Å². The number of halogens is 1. The second kappa shape index (κ2) is 10.4. The minimum atomic E-state index is -0.560. The Hall–Kier alpha value is -2.56. The largest absolute Gasteiger partial charge is 0.491 e. The second-order valence-corrected chi connectivity index (χ2v) is 10.0. The smallest absolute Gasteiger partial charge is 0.259 e. The van der Waals surface area contributed by atoms with Crippen molar-refractivity contribution in [3.8, 4) is 17.2 Å². The highest BCUT2D eigenvalue weighted by Crippen LogP contribution is 2.27. The highest BCUT2D eigenvalue weighted by atomic mass is 35.5. The minimum Gasteiger partial charge on any atom is -0.491 e. The molecule has 1 aliphatic rings. The van der Waals surface area contributed by atoms with Crippen LogP contribution in [0.2, 0.25) is 5.02 Å². The summed E-state index contributed by atoms with van der Waals surface area (Å²) in [5.41, 5.74) is 1.68. The van der Waals surface area contributed by atoms with Crippen LogP contribution in [-0.4, -0.2) is 75.5 Å². The van der Waals surface area contributed by atoms with Gasteiger partial charge in [0.05, 0.1) is 32.4 Å². The van der Waals surface area contributed by atoms with Gasteiger partial charge in [0.2, 0.25) is 0 Å². The average Bonchev–Trinajstić information content (AvgIpc) is 3.44. The van der Waals surface area contributed by atoms with Gasteiger partial charge >= 0.3 is 0 Å². The monoisotopic (exact) mass is 499 g/mol. The maximum atomic E-state index is 10.5. The zero-order valence-electron chi connectivity index (χ0n) is 18.9. The van der Waals surface area contributed by atoms with Gasteiger partial charge in [-0.25, -0.2) is 4.98 Å². The first-order valence-corrected chi connectivity index (χ1v) is 12.4. The summed E-state index contributed by atoms with van der Waals surface area (Å²) in [5, 5.41) is 16.2. The Morgan fingerprint density at radius 2 is 1.91 bits per heavy atom. The van der Waals surface area contributed by atoms with Gasteiger partial charge < -0.3 is 14.4 Å². The van der Waals surface area contributed by atoms with E-state index >= 15 is 0 Å². The van der Waals surface area contributed by atoms with Gasteiger partial charge in [-0.1, -0.05) is 28.9 Å². The fraction of sp³-hybridized carbons (Fsp3) is 0.375. The van der Waals surface area contributed by atoms with Gasteiger partial charge in [-0.15, -0.1) is 11.3 Å². The van der Waals surface area contributed by atoms with Gasteiger partial charge in [0.1, 0.15) is 18.5 Å². The molecule has 10 heteroatoms. The summed E-state index contributed by atoms with van der Waals surface area (Å²) >= 11 is 7.89. The Kier molecular flexibility index (Phi) is 7.07. The van der Waals surface area contributed by atoms with E-state index < -0.39 is 6.10 Å². The number of aromatic nitrogens is 3. The van der Waals surface area contributed by atoms with Crippen molar-refractivity contribution < 1.29 is 14.4 Å². The predicted molar refractivity (Wildman–Crippen MR) is 132 cm³/mol. The Bertz CT molecular complexity index is 1250. The third-order valence-electron chi connectivity index (χ3n) is 5.78. The fourth-order valence-corrected chi connectivity index (χ4v) is 5.07. The Balaban J connectivity index is 1.06. The lowest BCUT2D eigenvalue weighted by molar-refractivity contribution is 0.0440. The molecule has 4 aromatic rings. The molecule has 0 radical (unpaired) electrons. The topological polar surface area (TPSA) is 87.8 Å². The van der Waals surface area contributed by atoms with E-state index in [4.69, 9.17) is 20.9 Å². The summed E-state index contributed by atoms with van der Waals surface area (Å²) < 4.78 is 12.4. The van der Waals surface area contributed by atoms with Gasteiger partial charge in [0, 0.05) is 38.8 Å². The van der Waals surface area contributed by atoms with Crippen molar-refractivity contribution in [3.63, 3.8) is 0 Å². The van der Waals surface area contributed by atoms with Gasteiger partial charge in [0.15, 0.2) is 5.82 Å². The molecule has 3 heterocycles. The molecular weight excluding hydrogens is 474 g/mol. The Labute approximate surface area is 206 Å². The van der Waals surface area contributed by atoms with Crippen LogP contribution in [0.15, 0.2) is 47.0 Å². The van der Waals surface area contributed by atoms with Crippen molar-refractivity contribution in [3.05, 3.63) is 58.3 Å². The van der Waals surface area contributed by atoms with Crippen LogP contribution in [0.25, 0.3) is 21.7 Å². The first kappa shape index (κ1) is 23.2. The molecule has 34 heavy (non-hydrogen) atoms. The number of β-amino-alcohol motifs (C(OH)–C–C–N with tert-alkyl or cyclic N) is 1. The van der Waals surface area contributed by atoms with Crippen LogP contribution >= 0.6 is 22.9 Å². The lowest BCUT2D eigenvalue weighted by Gasteiger charge is -2.34. The van der Waals surface area contributed by atoms with E-state index in [0.717, 1.165) is 52.7 Å². The number of aryl methyl sites for hydroxylation is 1. The molecule has 8 nitrogen and oxygen atoms in total. The number of hydrogen-bond acceptors (Lipinski definition) is 9. The molecule has 1 aliphatic heterocycles. The molecule has 1 N–H and O–H groups in total. The number of piperazine rings is 1. The van der Waals surface area contributed by atoms with Crippen LogP contribution in [-0.2, 0) is 6.54 Å². The van der Waals surface area contributed by atoms with Gasteiger partial charge in [0.25, 0.3) is 5.89 Å². The molecule has 1 fully saturated rings. The summed E-state index contributed by atoms with van der Waals surface area (Å²) in [5.74, 6) is 1.81. The van der Waals surface area contributed by atoms with E-state index in [0.29, 0.717) is 29.8 Å². The molecule has 5 rings (SSSR count). The number of aliphatic hydroxyl groups excluding tert-OH is 1. The van der Waals surface area contributed by atoms with Gasteiger partial charge in [-0.05, 0) is 31.2 Å². The Morgan fingerprint density at radius 1 is 1.12 bits per heavy atom. The fourth-order valence-electron chi connectivity index (χ4n) is 4.05. The van der Waals surface area contributed by atoms with Crippen molar-refractivity contribution in [2.24, 2.45) is 0 Å². The third-order valence-corrected chi connectivity index (χ3v) is 7.06. The van der Waals surface area contributed by atoms with Crippen LogP contribution < -0.4 is 4.74 Å². The Morgan fingerprint density at radius 3 is 2.74 bits per heavy atom. The lowest BCUT2D eigenvalue weighted by atomic mass is 10.2. The van der Waals surface area contributed by atoms with E-state index in [1.165, 1.54) is 0 Å². The van der Waals surface area contributed by atoms with E-state index in [-0.39, 0.29) is 6.61 Å². The summed E-state index contributed by atoms with van der Waals surface area (Å²) in [6.07, 6.45) is -0.560. The SMILES string of the molecule is Cc1nc2cc(OC[C@H](O)CN3CCN(Cc4noc(-c5ccccc5Cl)n4)CC3)ccc2s1. The van der Waals surface area contributed by atoms with Crippen molar-refractivity contribution in [2.75, 3.05) is 39.3 Å². The summed E-state index contributed by atoms with van der Waals surface area (Å²) in [6, 6.07) is 13.3. The number of ether oxygens (including phenoxy) is 1. The normalized spacial score (nSPS) is 16.2. The van der Waals surface area contributed by atoms with Crippen molar-refractivity contribution in [1.82, 2.24) is 24.9 Å². The molecule has 178 valence electrons. The summed E-state index contributed by atoms with van der Waals surface area (Å²) in [6.45, 7) is 6.88. The predicted octanol–water partition coefficient (Wildman–Crippen LogP) is 3.87. The highest BCUT2D eigenvalue weighted by molar-refractivity contribution is 7.18. The number of thiazole rings is 1. The number of hydrogen-bond donors (Lipinski definition) is 1. The first-order chi connectivity index (χ1) is 16.5. The summed E-state index contributed by atoms with van der Waals surface area (Å²) in [4.78, 5) is 13.5. The molecule has 0 spiro atoms. The third kappa shape index (κ3) is 5.56. The number of benzene rings is 2. The molecule has 0 aliphatic carbocycles. The molecule has 0 saturated carbocycles. The number of nitrogens with zero attached hydrogens (tertiary/aromatic N) is 5. The molecular formula is C24H26ClN5O3S. The number of fused-ring (bicyclic) bond motifs is 1. The molecule has 1 atom stereocenters. The molecule has 2 aromatic heterocycles. The van der Waals surface area contributed by atoms with E-state index in [2.05, 4.69) is 24.9 Å². The zero-order chi connectivity index (χ0) is 23.5. The van der Waals surface area contributed by atoms with E-state index in [1.807, 2.05) is 43.3 Å². The van der Waals surface area contributed by atoms with Gasteiger partial charge in [-0.2, -0.15) is 4.98 Å². The van der Waals surface area contributed by atoms with Crippen LogP contribution in [0.1, 0.15) is 10.8 Å². The maximum absolute atomic E-state index is 10.5. The average molecular weight is 500 g/mol. The van der Waals surface area contributed by atoms with Crippen molar-refractivity contribution >= 4 is 33.2 Å².